The fourth-order valence-corrected chi connectivity index (χ4v) is 1.07. The third-order valence-electron chi connectivity index (χ3n) is 1.89. The predicted molar refractivity (Wildman–Crippen MR) is 57.8 cm³/mol. The lowest BCUT2D eigenvalue weighted by atomic mass is 10.2. The Hall–Kier alpha value is -1.59. The van der Waals surface area contributed by atoms with Gasteiger partial charge in [-0.15, -0.1) is 0 Å². The zero-order chi connectivity index (χ0) is 12.4. The van der Waals surface area contributed by atoms with Gasteiger partial charge >= 0.3 is 5.97 Å². The van der Waals surface area contributed by atoms with Crippen molar-refractivity contribution in [3.05, 3.63) is 0 Å². The molecule has 3 N–H and O–H groups in total. The van der Waals surface area contributed by atoms with Crippen molar-refractivity contribution in [2.75, 3.05) is 13.1 Å². The molecule has 16 heavy (non-hydrogen) atoms. The van der Waals surface area contributed by atoms with Crippen LogP contribution in [0, 0.1) is 0 Å². The molecule has 0 rings (SSSR count). The molecule has 0 heterocycles. The molecule has 0 atom stereocenters. The van der Waals surface area contributed by atoms with Crippen LogP contribution in [0.4, 0.5) is 0 Å². The molecule has 0 radical (unpaired) electrons. The molecule has 92 valence electrons. The molecule has 0 spiro atoms. The van der Waals surface area contributed by atoms with E-state index < -0.39 is 5.97 Å². The average molecular weight is 230 g/mol. The van der Waals surface area contributed by atoms with Gasteiger partial charge in [-0.1, -0.05) is 6.42 Å². The molecule has 0 saturated heterocycles. The topological polar surface area (TPSA) is 95.5 Å². The number of hydrogen-bond donors (Lipinski definition) is 3. The summed E-state index contributed by atoms with van der Waals surface area (Å²) >= 11 is 0. The number of carboxylic acids is 1. The molecule has 0 unspecified atom stereocenters. The smallest absolute Gasteiger partial charge is 0.303 e. The van der Waals surface area contributed by atoms with Crippen LogP contribution in [0.2, 0.25) is 0 Å². The summed E-state index contributed by atoms with van der Waals surface area (Å²) in [6, 6.07) is 0. The lowest BCUT2D eigenvalue weighted by Crippen LogP contribution is -2.36. The maximum Gasteiger partial charge on any atom is 0.303 e. The highest BCUT2D eigenvalue weighted by molar-refractivity contribution is 5.83. The van der Waals surface area contributed by atoms with Crippen molar-refractivity contribution in [1.29, 1.82) is 0 Å². The SMILES string of the molecule is CC(=O)NCC(=O)NCCCCCC(=O)O. The van der Waals surface area contributed by atoms with Crippen LogP contribution in [0.15, 0.2) is 0 Å². The number of nitrogens with one attached hydrogen (secondary N) is 2. The second kappa shape index (κ2) is 8.70. The van der Waals surface area contributed by atoms with Gasteiger partial charge in [0.05, 0.1) is 6.54 Å². The summed E-state index contributed by atoms with van der Waals surface area (Å²) in [6.07, 6.45) is 2.31. The van der Waals surface area contributed by atoms with Gasteiger partial charge in [0.25, 0.3) is 0 Å². The number of hydrogen-bond acceptors (Lipinski definition) is 3. The Morgan fingerprint density at radius 3 is 2.31 bits per heavy atom. The van der Waals surface area contributed by atoms with Gasteiger partial charge in [0, 0.05) is 19.9 Å². The molecule has 0 aromatic rings. The molecule has 0 bridgehead atoms. The van der Waals surface area contributed by atoms with Gasteiger partial charge in [-0.2, -0.15) is 0 Å². The summed E-state index contributed by atoms with van der Waals surface area (Å²) in [5.41, 5.74) is 0. The molecular formula is C10H18N2O4. The van der Waals surface area contributed by atoms with Crippen LogP contribution >= 0.6 is 0 Å². The Kier molecular flexibility index (Phi) is 7.83. The monoisotopic (exact) mass is 230 g/mol. The van der Waals surface area contributed by atoms with Gasteiger partial charge in [0.2, 0.25) is 11.8 Å². The number of carboxylic acid groups (broad SMARTS) is 1. The first-order valence-electron chi connectivity index (χ1n) is 5.25. The minimum absolute atomic E-state index is 0.00947. The average Bonchev–Trinajstić information content (AvgIpc) is 2.19. The fourth-order valence-electron chi connectivity index (χ4n) is 1.07. The Morgan fingerprint density at radius 2 is 1.75 bits per heavy atom. The van der Waals surface area contributed by atoms with E-state index in [2.05, 4.69) is 10.6 Å². The molecule has 0 aliphatic heterocycles. The second-order valence-corrected chi connectivity index (χ2v) is 3.46. The molecular weight excluding hydrogens is 212 g/mol. The summed E-state index contributed by atoms with van der Waals surface area (Å²) in [4.78, 5) is 31.7. The number of unbranched alkanes of at least 4 members (excludes halogenated alkanes) is 2. The third kappa shape index (κ3) is 10.5. The van der Waals surface area contributed by atoms with Crippen molar-refractivity contribution >= 4 is 17.8 Å². The first-order valence-corrected chi connectivity index (χ1v) is 5.25. The molecule has 2 amide bonds. The maximum absolute atomic E-state index is 11.1. The van der Waals surface area contributed by atoms with Gasteiger partial charge < -0.3 is 15.7 Å². The summed E-state index contributed by atoms with van der Waals surface area (Å²) in [6.45, 7) is 1.85. The predicted octanol–water partition coefficient (Wildman–Crippen LogP) is -0.116. The Balaban J connectivity index is 3.27. The molecule has 0 aromatic heterocycles. The minimum atomic E-state index is -0.797. The lowest BCUT2D eigenvalue weighted by molar-refractivity contribution is -0.137. The van der Waals surface area contributed by atoms with Crippen molar-refractivity contribution in [3.63, 3.8) is 0 Å². The van der Waals surface area contributed by atoms with Crippen molar-refractivity contribution in [2.45, 2.75) is 32.6 Å². The molecule has 6 nitrogen and oxygen atoms in total. The van der Waals surface area contributed by atoms with Gasteiger partial charge in [-0.25, -0.2) is 0 Å². The highest BCUT2D eigenvalue weighted by atomic mass is 16.4. The van der Waals surface area contributed by atoms with E-state index in [0.29, 0.717) is 13.0 Å². The lowest BCUT2D eigenvalue weighted by Gasteiger charge is -2.04. The van der Waals surface area contributed by atoms with Crippen LogP contribution in [0.25, 0.3) is 0 Å². The van der Waals surface area contributed by atoms with Crippen LogP contribution in [-0.4, -0.2) is 36.0 Å². The normalized spacial score (nSPS) is 9.56. The largest absolute Gasteiger partial charge is 0.481 e. The number of rotatable bonds is 8. The molecule has 0 aromatic carbocycles. The first-order chi connectivity index (χ1) is 7.52. The summed E-state index contributed by atoms with van der Waals surface area (Å²) < 4.78 is 0. The van der Waals surface area contributed by atoms with Crippen molar-refractivity contribution in [3.8, 4) is 0 Å². The number of carbonyl (C=O) groups excluding carboxylic acids is 2. The van der Waals surface area contributed by atoms with Crippen molar-refractivity contribution in [1.82, 2.24) is 10.6 Å². The van der Waals surface area contributed by atoms with Crippen LogP contribution in [-0.2, 0) is 14.4 Å². The van der Waals surface area contributed by atoms with E-state index in [1.807, 2.05) is 0 Å². The van der Waals surface area contributed by atoms with Crippen molar-refractivity contribution in [2.24, 2.45) is 0 Å². The summed E-state index contributed by atoms with van der Waals surface area (Å²) in [7, 11) is 0. The molecule has 0 aliphatic carbocycles. The quantitative estimate of drug-likeness (QED) is 0.507. The van der Waals surface area contributed by atoms with Gasteiger partial charge in [-0.3, -0.25) is 14.4 Å². The highest BCUT2D eigenvalue weighted by Gasteiger charge is 2.01. The van der Waals surface area contributed by atoms with E-state index in [1.165, 1.54) is 6.92 Å². The second-order valence-electron chi connectivity index (χ2n) is 3.46. The standard InChI is InChI=1S/C10H18N2O4/c1-8(13)12-7-9(14)11-6-4-2-3-5-10(15)16/h2-7H2,1H3,(H,11,14)(H,12,13)(H,15,16). The summed E-state index contributed by atoms with van der Waals surface area (Å²) in [5.74, 6) is -1.26. The number of aliphatic carboxylic acids is 1. The first kappa shape index (κ1) is 14.4. The molecule has 0 fully saturated rings. The Labute approximate surface area is 94.4 Å². The van der Waals surface area contributed by atoms with E-state index in [4.69, 9.17) is 5.11 Å². The van der Waals surface area contributed by atoms with E-state index in [0.717, 1.165) is 12.8 Å². The summed E-state index contributed by atoms with van der Waals surface area (Å²) in [5, 5.41) is 13.4. The highest BCUT2D eigenvalue weighted by Crippen LogP contribution is 1.98. The van der Waals surface area contributed by atoms with E-state index in [9.17, 15) is 14.4 Å². The maximum atomic E-state index is 11.1. The van der Waals surface area contributed by atoms with Gasteiger partial charge in [0.1, 0.15) is 0 Å². The van der Waals surface area contributed by atoms with Crippen molar-refractivity contribution < 1.29 is 19.5 Å². The van der Waals surface area contributed by atoms with Gasteiger partial charge in [0.15, 0.2) is 0 Å². The van der Waals surface area contributed by atoms with E-state index >= 15 is 0 Å². The molecule has 6 heteroatoms. The van der Waals surface area contributed by atoms with Crippen LogP contribution < -0.4 is 10.6 Å². The van der Waals surface area contributed by atoms with E-state index in [-0.39, 0.29) is 24.8 Å². The zero-order valence-electron chi connectivity index (χ0n) is 9.41. The molecule has 0 aliphatic rings. The van der Waals surface area contributed by atoms with Crippen LogP contribution in [0.3, 0.4) is 0 Å². The number of carbonyl (C=O) groups is 3. The van der Waals surface area contributed by atoms with Crippen LogP contribution in [0.5, 0.6) is 0 Å². The van der Waals surface area contributed by atoms with Gasteiger partial charge in [-0.05, 0) is 12.8 Å². The van der Waals surface area contributed by atoms with Crippen LogP contribution in [0.1, 0.15) is 32.6 Å². The Morgan fingerprint density at radius 1 is 1.06 bits per heavy atom. The molecule has 0 saturated carbocycles. The minimum Gasteiger partial charge on any atom is -0.481 e. The third-order valence-corrected chi connectivity index (χ3v) is 1.89. The zero-order valence-corrected chi connectivity index (χ0v) is 9.41. The Bertz CT molecular complexity index is 253. The van der Waals surface area contributed by atoms with E-state index in [1.54, 1.807) is 0 Å². The number of amides is 2. The fraction of sp³-hybridized carbons (Fsp3) is 0.700.